The lowest BCUT2D eigenvalue weighted by atomic mass is 10.1. The molecule has 1 aromatic carbocycles. The third kappa shape index (κ3) is 4.50. The number of anilines is 2. The molecule has 3 N–H and O–H groups in total. The van der Waals surface area contributed by atoms with E-state index in [1.165, 1.54) is 10.1 Å². The van der Waals surface area contributed by atoms with Crippen LogP contribution in [0.5, 0.6) is 0 Å². The Kier molecular flexibility index (Phi) is 5.84. The van der Waals surface area contributed by atoms with E-state index in [2.05, 4.69) is 61.2 Å². The smallest absolute Gasteiger partial charge is 0.259 e. The fourth-order valence-electron chi connectivity index (χ4n) is 3.00. The number of aromatic nitrogens is 5. The topological polar surface area (TPSA) is 120 Å². The number of fused-ring (bicyclic) bond motifs is 1. The molecular weight excluding hydrogens is 392 g/mol. The number of allylic oxidation sites excluding steroid dienone is 2. The van der Waals surface area contributed by atoms with E-state index in [0.29, 0.717) is 29.9 Å². The minimum Gasteiger partial charge on any atom is -0.461 e. The van der Waals surface area contributed by atoms with E-state index < -0.39 is 0 Å². The van der Waals surface area contributed by atoms with E-state index in [1.807, 2.05) is 13.0 Å². The van der Waals surface area contributed by atoms with Crippen LogP contribution in [-0.2, 0) is 6.42 Å². The van der Waals surface area contributed by atoms with Crippen molar-refractivity contribution in [3.8, 4) is 11.6 Å². The van der Waals surface area contributed by atoms with Crippen molar-refractivity contribution in [3.05, 3.63) is 72.5 Å². The van der Waals surface area contributed by atoms with Crippen LogP contribution < -0.4 is 11.1 Å². The molecule has 4 aromatic rings. The summed E-state index contributed by atoms with van der Waals surface area (Å²) in [5, 5.41) is 7.48. The summed E-state index contributed by atoms with van der Waals surface area (Å²) >= 11 is 0. The summed E-state index contributed by atoms with van der Waals surface area (Å²) in [7, 11) is 0. The Morgan fingerprint density at radius 2 is 2.06 bits per heavy atom. The summed E-state index contributed by atoms with van der Waals surface area (Å²) in [6.07, 6.45) is 7.66. The van der Waals surface area contributed by atoms with Gasteiger partial charge in [0.1, 0.15) is 0 Å². The van der Waals surface area contributed by atoms with E-state index in [0.717, 1.165) is 17.7 Å². The zero-order valence-electron chi connectivity index (χ0n) is 17.1. The van der Waals surface area contributed by atoms with E-state index >= 15 is 0 Å². The molecule has 156 valence electrons. The van der Waals surface area contributed by atoms with Crippen molar-refractivity contribution in [2.45, 2.75) is 13.3 Å². The molecule has 0 amide bonds. The Bertz CT molecular complexity index is 1240. The highest BCUT2D eigenvalue weighted by molar-refractivity contribution is 5.79. The number of hydrogen-bond acceptors (Lipinski definition) is 8. The molecule has 3 aromatic heterocycles. The molecule has 31 heavy (non-hydrogen) atoms. The van der Waals surface area contributed by atoms with Crippen molar-refractivity contribution in [1.29, 1.82) is 0 Å². The third-order valence-corrected chi connectivity index (χ3v) is 4.51. The normalized spacial score (nSPS) is 12.0. The molecule has 0 aliphatic rings. The van der Waals surface area contributed by atoms with Crippen LogP contribution in [-0.4, -0.2) is 37.3 Å². The molecule has 0 spiro atoms. The van der Waals surface area contributed by atoms with E-state index in [4.69, 9.17) is 10.2 Å². The van der Waals surface area contributed by atoms with Crippen molar-refractivity contribution in [2.24, 2.45) is 4.99 Å². The Morgan fingerprint density at radius 1 is 1.23 bits per heavy atom. The number of furan rings is 1. The number of rotatable bonds is 8. The molecule has 0 saturated carbocycles. The standard InChI is InChI=1S/C22H22N8O/c1-3-12-24-17(4-2)16-9-7-15(8-10-16)11-13-25-21-27-20(23)30-22(28-21)26-19(29-30)18-6-5-14-31-18/h3-10,12,14H,1,11,13H2,2H3,(H3,23,25,26,27,28,29)/b17-4-,24-12?. The molecule has 9 heteroatoms. The Balaban J connectivity index is 1.41. The molecule has 3 heterocycles. The molecular formula is C22H22N8O. The molecule has 0 unspecified atom stereocenters. The minimum absolute atomic E-state index is 0.195. The fourth-order valence-corrected chi connectivity index (χ4v) is 3.00. The first-order valence-corrected chi connectivity index (χ1v) is 9.76. The van der Waals surface area contributed by atoms with Gasteiger partial charge in [-0.05, 0) is 36.6 Å². The lowest BCUT2D eigenvalue weighted by molar-refractivity contribution is 0.577. The molecule has 0 bridgehead atoms. The van der Waals surface area contributed by atoms with Gasteiger partial charge in [-0.2, -0.15) is 19.5 Å². The van der Waals surface area contributed by atoms with Gasteiger partial charge in [-0.25, -0.2) is 0 Å². The molecule has 0 aliphatic heterocycles. The first-order valence-electron chi connectivity index (χ1n) is 9.76. The van der Waals surface area contributed by atoms with Crippen LogP contribution in [0.4, 0.5) is 11.9 Å². The number of benzene rings is 1. The van der Waals surface area contributed by atoms with Gasteiger partial charge in [-0.3, -0.25) is 4.99 Å². The zero-order valence-corrected chi connectivity index (χ0v) is 17.1. The van der Waals surface area contributed by atoms with Gasteiger partial charge in [-0.1, -0.05) is 43.0 Å². The molecule has 9 nitrogen and oxygen atoms in total. The number of hydrogen-bond donors (Lipinski definition) is 2. The predicted octanol–water partition coefficient (Wildman–Crippen LogP) is 3.63. The van der Waals surface area contributed by atoms with Crippen LogP contribution in [0.1, 0.15) is 18.1 Å². The van der Waals surface area contributed by atoms with Crippen molar-refractivity contribution >= 4 is 29.6 Å². The highest BCUT2D eigenvalue weighted by Crippen LogP contribution is 2.18. The average Bonchev–Trinajstić information content (AvgIpc) is 3.45. The van der Waals surface area contributed by atoms with E-state index in [9.17, 15) is 0 Å². The lowest BCUT2D eigenvalue weighted by Gasteiger charge is -2.07. The maximum Gasteiger partial charge on any atom is 0.259 e. The van der Waals surface area contributed by atoms with Crippen LogP contribution in [0, 0.1) is 0 Å². The second kappa shape index (κ2) is 9.04. The quantitative estimate of drug-likeness (QED) is 0.422. The summed E-state index contributed by atoms with van der Waals surface area (Å²) < 4.78 is 6.71. The van der Waals surface area contributed by atoms with E-state index in [1.54, 1.807) is 30.7 Å². The highest BCUT2D eigenvalue weighted by atomic mass is 16.3. The van der Waals surface area contributed by atoms with Gasteiger partial charge in [0.05, 0.1) is 12.0 Å². The minimum atomic E-state index is 0.195. The average molecular weight is 414 g/mol. The van der Waals surface area contributed by atoms with Crippen molar-refractivity contribution in [1.82, 2.24) is 24.6 Å². The molecule has 0 aliphatic carbocycles. The van der Waals surface area contributed by atoms with Gasteiger partial charge in [-0.15, -0.1) is 5.10 Å². The van der Waals surface area contributed by atoms with Gasteiger partial charge in [0.25, 0.3) is 5.78 Å². The van der Waals surface area contributed by atoms with Crippen molar-refractivity contribution in [2.75, 3.05) is 17.6 Å². The highest BCUT2D eigenvalue weighted by Gasteiger charge is 2.13. The lowest BCUT2D eigenvalue weighted by Crippen LogP contribution is -2.12. The van der Waals surface area contributed by atoms with Crippen LogP contribution in [0.25, 0.3) is 23.1 Å². The molecule has 0 radical (unpaired) electrons. The van der Waals surface area contributed by atoms with Gasteiger partial charge < -0.3 is 15.5 Å². The van der Waals surface area contributed by atoms with Gasteiger partial charge in [0, 0.05) is 12.8 Å². The van der Waals surface area contributed by atoms with Crippen LogP contribution in [0.3, 0.4) is 0 Å². The Labute approximate surface area is 179 Å². The van der Waals surface area contributed by atoms with Gasteiger partial charge in [0.15, 0.2) is 5.76 Å². The number of aliphatic imine (C=N–C) groups is 1. The van der Waals surface area contributed by atoms with Crippen molar-refractivity contribution in [3.63, 3.8) is 0 Å². The van der Waals surface area contributed by atoms with Crippen LogP contribution in [0.15, 0.2) is 70.8 Å². The molecule has 4 rings (SSSR count). The first-order chi connectivity index (χ1) is 15.2. The summed E-state index contributed by atoms with van der Waals surface area (Å²) in [5.41, 5.74) is 9.15. The summed E-state index contributed by atoms with van der Waals surface area (Å²) in [6, 6.07) is 11.8. The third-order valence-electron chi connectivity index (χ3n) is 4.51. The van der Waals surface area contributed by atoms with Crippen LogP contribution >= 0.6 is 0 Å². The number of nitrogen functional groups attached to an aromatic ring is 1. The van der Waals surface area contributed by atoms with E-state index in [-0.39, 0.29) is 5.95 Å². The largest absolute Gasteiger partial charge is 0.461 e. The maximum atomic E-state index is 6.02. The molecule has 0 atom stereocenters. The molecule has 0 fully saturated rings. The predicted molar refractivity (Wildman–Crippen MR) is 122 cm³/mol. The van der Waals surface area contributed by atoms with Crippen LogP contribution in [0.2, 0.25) is 0 Å². The van der Waals surface area contributed by atoms with Gasteiger partial charge in [0.2, 0.25) is 17.7 Å². The van der Waals surface area contributed by atoms with Gasteiger partial charge >= 0.3 is 0 Å². The fraction of sp³-hybridized carbons (Fsp3) is 0.136. The first kappa shape index (κ1) is 20.0. The Morgan fingerprint density at radius 3 is 2.77 bits per heavy atom. The summed E-state index contributed by atoms with van der Waals surface area (Å²) in [4.78, 5) is 17.4. The maximum absolute atomic E-state index is 6.02. The number of nitrogens with zero attached hydrogens (tertiary/aromatic N) is 6. The second-order valence-electron chi connectivity index (χ2n) is 6.59. The monoisotopic (exact) mass is 414 g/mol. The summed E-state index contributed by atoms with van der Waals surface area (Å²) in [6.45, 7) is 6.25. The number of nitrogens with one attached hydrogen (secondary N) is 1. The number of nitrogens with two attached hydrogens (primary N) is 1. The Hall–Kier alpha value is -4.27. The zero-order chi connectivity index (χ0) is 21.6. The SMILES string of the molecule is C=CC=N/C(=C\C)c1ccc(CCNc2nc(N)n3nc(-c4ccco4)nc3n2)cc1. The summed E-state index contributed by atoms with van der Waals surface area (Å²) in [5.74, 6) is 1.89. The van der Waals surface area contributed by atoms with Crippen molar-refractivity contribution < 1.29 is 4.42 Å². The molecule has 0 saturated heterocycles. The second-order valence-corrected chi connectivity index (χ2v) is 6.59.